The molecular formula is C15H12BrF3N4O. The molecule has 1 saturated carbocycles. The monoisotopic (exact) mass is 400 g/mol. The van der Waals surface area contributed by atoms with E-state index in [1.54, 1.807) is 6.07 Å². The number of rotatable bonds is 5. The number of amides is 1. The van der Waals surface area contributed by atoms with Crippen molar-refractivity contribution in [3.8, 4) is 11.1 Å². The average Bonchev–Trinajstić information content (AvgIpc) is 3.38. The summed E-state index contributed by atoms with van der Waals surface area (Å²) in [5.74, 6) is -0.855. The summed E-state index contributed by atoms with van der Waals surface area (Å²) < 4.78 is 38.5. The van der Waals surface area contributed by atoms with Crippen LogP contribution in [0.15, 0.2) is 22.9 Å². The highest BCUT2D eigenvalue weighted by Gasteiger charge is 2.34. The molecule has 0 radical (unpaired) electrons. The molecule has 0 saturated heterocycles. The third-order valence-electron chi connectivity index (χ3n) is 3.58. The average molecular weight is 401 g/mol. The first-order valence-corrected chi connectivity index (χ1v) is 7.95. The van der Waals surface area contributed by atoms with Crippen LogP contribution in [0.25, 0.3) is 11.1 Å². The topological polar surface area (TPSA) is 67.8 Å². The standard InChI is InChI=1S/C15H12BrF3N4O/c16-12-11(9-4-21-14(22-5-9)15(17,18)19)3-10(6-20-7-24)23-13(12)8-1-2-8/h3-5,7-8H,1-2,6H2,(H,20,24). The van der Waals surface area contributed by atoms with Crippen molar-refractivity contribution in [3.63, 3.8) is 0 Å². The van der Waals surface area contributed by atoms with Crippen LogP contribution in [0.4, 0.5) is 13.2 Å². The van der Waals surface area contributed by atoms with E-state index in [0.717, 1.165) is 35.4 Å². The molecule has 1 fully saturated rings. The van der Waals surface area contributed by atoms with Gasteiger partial charge in [-0.05, 0) is 34.8 Å². The van der Waals surface area contributed by atoms with Crippen molar-refractivity contribution in [1.82, 2.24) is 20.3 Å². The zero-order chi connectivity index (χ0) is 17.3. The normalized spacial score (nSPS) is 14.5. The first kappa shape index (κ1) is 16.8. The first-order valence-electron chi connectivity index (χ1n) is 7.16. The number of alkyl halides is 3. The number of aromatic nitrogens is 3. The summed E-state index contributed by atoms with van der Waals surface area (Å²) in [4.78, 5) is 21.8. The van der Waals surface area contributed by atoms with Crippen LogP contribution in [0.2, 0.25) is 0 Å². The Morgan fingerprint density at radius 3 is 2.50 bits per heavy atom. The predicted molar refractivity (Wildman–Crippen MR) is 82.8 cm³/mol. The molecule has 3 rings (SSSR count). The summed E-state index contributed by atoms with van der Waals surface area (Å²) >= 11 is 3.49. The second-order valence-electron chi connectivity index (χ2n) is 5.43. The van der Waals surface area contributed by atoms with E-state index in [4.69, 9.17) is 0 Å². The minimum Gasteiger partial charge on any atom is -0.353 e. The lowest BCUT2D eigenvalue weighted by Gasteiger charge is -2.12. The van der Waals surface area contributed by atoms with Gasteiger partial charge in [0.2, 0.25) is 12.2 Å². The highest BCUT2D eigenvalue weighted by atomic mass is 79.9. The lowest BCUT2D eigenvalue weighted by Crippen LogP contribution is -2.12. The fourth-order valence-electron chi connectivity index (χ4n) is 2.29. The van der Waals surface area contributed by atoms with Crippen molar-refractivity contribution < 1.29 is 18.0 Å². The third-order valence-corrected chi connectivity index (χ3v) is 4.42. The Hall–Kier alpha value is -2.03. The van der Waals surface area contributed by atoms with Crippen LogP contribution < -0.4 is 5.32 Å². The molecule has 0 bridgehead atoms. The summed E-state index contributed by atoms with van der Waals surface area (Å²) in [6.45, 7) is 0.241. The third kappa shape index (κ3) is 3.55. The Morgan fingerprint density at radius 2 is 1.96 bits per heavy atom. The van der Waals surface area contributed by atoms with E-state index in [9.17, 15) is 18.0 Å². The van der Waals surface area contributed by atoms with E-state index in [1.807, 2.05) is 0 Å². The Balaban J connectivity index is 2.02. The van der Waals surface area contributed by atoms with Crippen molar-refractivity contribution in [2.75, 3.05) is 0 Å². The van der Waals surface area contributed by atoms with Crippen LogP contribution in [0.3, 0.4) is 0 Å². The predicted octanol–water partition coefficient (Wildman–Crippen LogP) is 3.44. The first-order chi connectivity index (χ1) is 11.4. The van der Waals surface area contributed by atoms with E-state index in [-0.39, 0.29) is 6.54 Å². The van der Waals surface area contributed by atoms with Crippen molar-refractivity contribution in [1.29, 1.82) is 0 Å². The van der Waals surface area contributed by atoms with Gasteiger partial charge < -0.3 is 5.32 Å². The van der Waals surface area contributed by atoms with Crippen LogP contribution in [0, 0.1) is 0 Å². The van der Waals surface area contributed by atoms with E-state index >= 15 is 0 Å². The summed E-state index contributed by atoms with van der Waals surface area (Å²) in [5, 5.41) is 2.54. The van der Waals surface area contributed by atoms with E-state index in [0.29, 0.717) is 29.1 Å². The quantitative estimate of drug-likeness (QED) is 0.780. The molecule has 1 aliphatic carbocycles. The smallest absolute Gasteiger partial charge is 0.353 e. The Morgan fingerprint density at radius 1 is 1.29 bits per heavy atom. The molecule has 0 atom stereocenters. The van der Waals surface area contributed by atoms with Crippen LogP contribution in [0.5, 0.6) is 0 Å². The van der Waals surface area contributed by atoms with Crippen molar-refractivity contribution in [2.45, 2.75) is 31.5 Å². The molecule has 5 nitrogen and oxygen atoms in total. The van der Waals surface area contributed by atoms with Crippen molar-refractivity contribution >= 4 is 22.3 Å². The maximum atomic E-state index is 12.6. The lowest BCUT2D eigenvalue weighted by molar-refractivity contribution is -0.145. The van der Waals surface area contributed by atoms with Gasteiger partial charge in [-0.25, -0.2) is 9.97 Å². The van der Waals surface area contributed by atoms with Gasteiger partial charge in [-0.3, -0.25) is 9.78 Å². The summed E-state index contributed by atoms with van der Waals surface area (Å²) in [6, 6.07) is 1.71. The number of carbonyl (C=O) groups is 1. The molecule has 2 heterocycles. The number of nitrogens with one attached hydrogen (secondary N) is 1. The molecule has 1 amide bonds. The summed E-state index contributed by atoms with van der Waals surface area (Å²) in [6.07, 6.45) is 0.304. The van der Waals surface area contributed by atoms with Gasteiger partial charge in [0.15, 0.2) is 0 Å². The molecule has 0 aliphatic heterocycles. The van der Waals surface area contributed by atoms with Crippen molar-refractivity contribution in [3.05, 3.63) is 40.1 Å². The zero-order valence-electron chi connectivity index (χ0n) is 12.3. The van der Waals surface area contributed by atoms with E-state index in [2.05, 4.69) is 36.2 Å². The van der Waals surface area contributed by atoms with Gasteiger partial charge in [-0.15, -0.1) is 0 Å². The number of pyridine rings is 1. The molecule has 0 unspecified atom stereocenters. The minimum absolute atomic E-state index is 0.241. The molecule has 0 spiro atoms. The van der Waals surface area contributed by atoms with Crippen molar-refractivity contribution in [2.24, 2.45) is 0 Å². The van der Waals surface area contributed by atoms with Gasteiger partial charge in [0.05, 0.1) is 17.9 Å². The van der Waals surface area contributed by atoms with E-state index in [1.165, 1.54) is 0 Å². The number of hydrogen-bond acceptors (Lipinski definition) is 4. The highest BCUT2D eigenvalue weighted by molar-refractivity contribution is 9.10. The Bertz CT molecular complexity index is 761. The number of hydrogen-bond donors (Lipinski definition) is 1. The number of carbonyl (C=O) groups excluding carboxylic acids is 1. The molecule has 1 aliphatic rings. The maximum absolute atomic E-state index is 12.6. The van der Waals surface area contributed by atoms with Crippen LogP contribution in [0.1, 0.15) is 36.0 Å². The largest absolute Gasteiger partial charge is 0.451 e. The molecule has 1 N–H and O–H groups in total. The molecule has 126 valence electrons. The maximum Gasteiger partial charge on any atom is 0.451 e. The minimum atomic E-state index is -4.58. The van der Waals surface area contributed by atoms with Gasteiger partial charge >= 0.3 is 6.18 Å². The van der Waals surface area contributed by atoms with Gasteiger partial charge in [0.25, 0.3) is 0 Å². The molecular weight excluding hydrogens is 389 g/mol. The van der Waals surface area contributed by atoms with Gasteiger partial charge in [0.1, 0.15) is 0 Å². The molecule has 9 heteroatoms. The number of halogens is 4. The number of nitrogens with zero attached hydrogens (tertiary/aromatic N) is 3. The summed E-state index contributed by atoms with van der Waals surface area (Å²) in [5.41, 5.74) is 2.58. The van der Waals surface area contributed by atoms with Crippen LogP contribution >= 0.6 is 15.9 Å². The summed E-state index contributed by atoms with van der Waals surface area (Å²) in [7, 11) is 0. The Kier molecular flexibility index (Phi) is 4.53. The fourth-order valence-corrected chi connectivity index (χ4v) is 3.05. The zero-order valence-corrected chi connectivity index (χ0v) is 13.9. The van der Waals surface area contributed by atoms with Gasteiger partial charge in [-0.1, -0.05) is 0 Å². The second-order valence-corrected chi connectivity index (χ2v) is 6.22. The SMILES string of the molecule is O=CNCc1cc(-c2cnc(C(F)(F)F)nc2)c(Br)c(C2CC2)n1. The highest BCUT2D eigenvalue weighted by Crippen LogP contribution is 2.45. The van der Waals surface area contributed by atoms with Gasteiger partial charge in [-0.2, -0.15) is 13.2 Å². The van der Waals surface area contributed by atoms with Crippen LogP contribution in [-0.4, -0.2) is 21.4 Å². The Labute approximate surface area is 143 Å². The second kappa shape index (κ2) is 6.46. The van der Waals surface area contributed by atoms with Crippen LogP contribution in [-0.2, 0) is 17.5 Å². The molecule has 0 aromatic carbocycles. The fraction of sp³-hybridized carbons (Fsp3) is 0.333. The lowest BCUT2D eigenvalue weighted by atomic mass is 10.1. The molecule has 2 aromatic rings. The molecule has 2 aromatic heterocycles. The molecule has 24 heavy (non-hydrogen) atoms. The van der Waals surface area contributed by atoms with Gasteiger partial charge in [0, 0.05) is 33.9 Å². The van der Waals surface area contributed by atoms with E-state index < -0.39 is 12.0 Å².